The van der Waals surface area contributed by atoms with Gasteiger partial charge in [0.15, 0.2) is 5.69 Å². The molecule has 0 unspecified atom stereocenters. The van der Waals surface area contributed by atoms with Crippen molar-refractivity contribution in [2.45, 2.75) is 58.5 Å². The fourth-order valence-electron chi connectivity index (χ4n) is 3.98. The van der Waals surface area contributed by atoms with Gasteiger partial charge < -0.3 is 5.32 Å². The fraction of sp³-hybridized carbons (Fsp3) is 0.417. The van der Waals surface area contributed by atoms with Crippen LogP contribution in [0.1, 0.15) is 64.4 Å². The molecule has 1 amide bonds. The Kier molecular flexibility index (Phi) is 5.75. The van der Waals surface area contributed by atoms with E-state index in [0.717, 1.165) is 54.2 Å². The van der Waals surface area contributed by atoms with Crippen LogP contribution in [0.2, 0.25) is 0 Å². The topological polar surface area (TPSA) is 98.5 Å². The molecule has 1 N–H and O–H groups in total. The van der Waals surface area contributed by atoms with Crippen LogP contribution >= 0.6 is 0 Å². The van der Waals surface area contributed by atoms with Crippen LogP contribution in [0, 0.1) is 12.8 Å². The number of nitrogens with one attached hydrogen (secondary N) is 1. The predicted molar refractivity (Wildman–Crippen MR) is 120 cm³/mol. The van der Waals surface area contributed by atoms with Crippen molar-refractivity contribution in [1.29, 1.82) is 0 Å². The average Bonchev–Trinajstić information content (AvgIpc) is 3.39. The third kappa shape index (κ3) is 4.90. The van der Waals surface area contributed by atoms with Gasteiger partial charge in [-0.05, 0) is 68.2 Å². The lowest BCUT2D eigenvalue weighted by Gasteiger charge is -2.03. The van der Waals surface area contributed by atoms with Crippen molar-refractivity contribution >= 4 is 12.0 Å². The lowest BCUT2D eigenvalue weighted by atomic mass is 10.1. The highest BCUT2D eigenvalue weighted by Crippen LogP contribution is 2.41. The van der Waals surface area contributed by atoms with E-state index in [0.29, 0.717) is 18.8 Å². The van der Waals surface area contributed by atoms with Crippen LogP contribution in [0.25, 0.3) is 6.08 Å². The van der Waals surface area contributed by atoms with Gasteiger partial charge in [-0.25, -0.2) is 0 Å². The van der Waals surface area contributed by atoms with Crippen LogP contribution in [0.5, 0.6) is 0 Å². The number of pyridine rings is 1. The highest BCUT2D eigenvalue weighted by Gasteiger charge is 2.29. The van der Waals surface area contributed by atoms with Gasteiger partial charge in [-0.2, -0.15) is 10.2 Å². The first-order valence-electron chi connectivity index (χ1n) is 11.3. The molecule has 0 radical (unpaired) electrons. The molecule has 32 heavy (non-hydrogen) atoms. The number of rotatable bonds is 9. The molecule has 3 aromatic heterocycles. The van der Waals surface area contributed by atoms with Gasteiger partial charge in [0, 0.05) is 19.2 Å². The van der Waals surface area contributed by atoms with Crippen LogP contribution in [0.3, 0.4) is 0 Å². The van der Waals surface area contributed by atoms with E-state index in [1.807, 2.05) is 19.1 Å². The monoisotopic (exact) mass is 429 g/mol. The number of hydrogen-bond donors (Lipinski definition) is 1. The first-order chi connectivity index (χ1) is 15.6. The summed E-state index contributed by atoms with van der Waals surface area (Å²) < 4.78 is 1.72. The summed E-state index contributed by atoms with van der Waals surface area (Å²) in [5, 5.41) is 19.8. The van der Waals surface area contributed by atoms with Crippen LogP contribution in [0.15, 0.2) is 36.2 Å². The van der Waals surface area contributed by atoms with E-state index < -0.39 is 0 Å². The van der Waals surface area contributed by atoms with Crippen molar-refractivity contribution in [3.8, 4) is 0 Å². The predicted octanol–water partition coefficient (Wildman–Crippen LogP) is 3.07. The summed E-state index contributed by atoms with van der Waals surface area (Å²) in [5.74, 6) is 0.548. The lowest BCUT2D eigenvalue weighted by molar-refractivity contribution is 0.0945. The molecule has 8 heteroatoms. The number of aromatic nitrogens is 6. The van der Waals surface area contributed by atoms with E-state index in [9.17, 15) is 4.79 Å². The Labute approximate surface area is 187 Å². The normalized spacial score (nSPS) is 14.8. The summed E-state index contributed by atoms with van der Waals surface area (Å²) in [6.07, 6.45) is 12.2. The number of hydrogen-bond acceptors (Lipinski definition) is 6. The zero-order chi connectivity index (χ0) is 21.9. The van der Waals surface area contributed by atoms with Gasteiger partial charge in [0.1, 0.15) is 0 Å². The van der Waals surface area contributed by atoms with Gasteiger partial charge in [0.2, 0.25) is 0 Å². The Bertz CT molecular complexity index is 1150. The summed E-state index contributed by atoms with van der Waals surface area (Å²) in [7, 11) is 0. The summed E-state index contributed by atoms with van der Waals surface area (Å²) in [6.45, 7) is 3.06. The molecule has 164 valence electrons. The van der Waals surface area contributed by atoms with Gasteiger partial charge in [-0.1, -0.05) is 22.9 Å². The molecule has 8 nitrogen and oxygen atoms in total. The van der Waals surface area contributed by atoms with Gasteiger partial charge in [-0.3, -0.25) is 14.5 Å². The summed E-state index contributed by atoms with van der Waals surface area (Å²) in [5.41, 5.74) is 7.18. The molecule has 5 rings (SSSR count). The summed E-state index contributed by atoms with van der Waals surface area (Å²) in [4.78, 5) is 16.6. The van der Waals surface area contributed by atoms with Crippen molar-refractivity contribution in [3.63, 3.8) is 0 Å². The fourth-order valence-corrected chi connectivity index (χ4v) is 3.98. The van der Waals surface area contributed by atoms with Crippen molar-refractivity contribution in [1.82, 2.24) is 35.5 Å². The average molecular weight is 430 g/mol. The third-order valence-corrected chi connectivity index (χ3v) is 6.01. The maximum Gasteiger partial charge on any atom is 0.273 e. The molecule has 3 aromatic rings. The lowest BCUT2D eigenvalue weighted by Crippen LogP contribution is -2.23. The maximum atomic E-state index is 12.3. The van der Waals surface area contributed by atoms with E-state index in [2.05, 4.69) is 43.0 Å². The number of amides is 1. The number of carbonyl (C=O) groups excluding carboxylic acids is 1. The Morgan fingerprint density at radius 1 is 1.16 bits per heavy atom. The molecule has 3 heterocycles. The number of fused-ring (bicyclic) bond motifs is 1. The van der Waals surface area contributed by atoms with E-state index in [1.165, 1.54) is 24.0 Å². The second-order valence-corrected chi connectivity index (χ2v) is 8.74. The number of unbranched alkanes of at least 4 members (excludes halogenated alkanes) is 1. The number of carbonyl (C=O) groups is 1. The van der Waals surface area contributed by atoms with Gasteiger partial charge >= 0.3 is 0 Å². The van der Waals surface area contributed by atoms with Crippen molar-refractivity contribution in [2.24, 2.45) is 5.92 Å². The Hall–Kier alpha value is -3.42. The minimum atomic E-state index is -0.245. The van der Waals surface area contributed by atoms with Crippen LogP contribution in [0.4, 0.5) is 0 Å². The quantitative estimate of drug-likeness (QED) is 0.525. The second kappa shape index (κ2) is 8.98. The van der Waals surface area contributed by atoms with Crippen LogP contribution < -0.4 is 5.32 Å². The molecule has 0 aromatic carbocycles. The van der Waals surface area contributed by atoms with E-state index >= 15 is 0 Å². The molecule has 0 saturated heterocycles. The number of allylic oxidation sites excluding steroid dienone is 1. The molecular weight excluding hydrogens is 402 g/mol. The minimum Gasteiger partial charge on any atom is -0.345 e. The first-order valence-corrected chi connectivity index (χ1v) is 11.3. The molecule has 2 aliphatic rings. The number of nitrogens with zero attached hydrogens (tertiary/aromatic N) is 6. The molecule has 2 aliphatic carbocycles. The molecular formula is C24H27N7O. The van der Waals surface area contributed by atoms with Gasteiger partial charge in [-0.15, -0.1) is 5.10 Å². The molecule has 0 atom stereocenters. The molecule has 1 fully saturated rings. The molecule has 0 aliphatic heterocycles. The Balaban J connectivity index is 1.06. The van der Waals surface area contributed by atoms with E-state index in [1.54, 1.807) is 17.1 Å². The summed E-state index contributed by atoms with van der Waals surface area (Å²) in [6, 6.07) is 6.07. The van der Waals surface area contributed by atoms with Crippen molar-refractivity contribution in [3.05, 3.63) is 70.1 Å². The second-order valence-electron chi connectivity index (χ2n) is 8.74. The summed E-state index contributed by atoms with van der Waals surface area (Å²) >= 11 is 0. The van der Waals surface area contributed by atoms with Crippen LogP contribution in [-0.4, -0.2) is 36.1 Å². The Morgan fingerprint density at radius 2 is 2.06 bits per heavy atom. The Morgan fingerprint density at radius 3 is 2.88 bits per heavy atom. The first kappa shape index (κ1) is 20.5. The third-order valence-electron chi connectivity index (χ3n) is 6.01. The van der Waals surface area contributed by atoms with Gasteiger partial charge in [0.25, 0.3) is 5.91 Å². The molecule has 1 saturated carbocycles. The largest absolute Gasteiger partial charge is 0.345 e. The zero-order valence-electron chi connectivity index (χ0n) is 18.3. The SMILES string of the molecule is Cc1ccc(CNC(=O)c2cn(CCCCc3cc4c(nn3)CC(C3CC3)=C4)nn2)nc1. The molecule has 0 spiro atoms. The van der Waals surface area contributed by atoms with Gasteiger partial charge in [0.05, 0.1) is 29.8 Å². The highest BCUT2D eigenvalue weighted by atomic mass is 16.2. The highest BCUT2D eigenvalue weighted by molar-refractivity contribution is 5.91. The van der Waals surface area contributed by atoms with Crippen molar-refractivity contribution in [2.75, 3.05) is 0 Å². The van der Waals surface area contributed by atoms with Crippen molar-refractivity contribution < 1.29 is 4.79 Å². The van der Waals surface area contributed by atoms with Crippen LogP contribution in [-0.2, 0) is 25.9 Å². The molecule has 0 bridgehead atoms. The standard InChI is InChI=1S/C24H27N7O/c1-16-5-8-21(25-13-16)14-26-24(32)23-15-31(30-29-23)9-3-2-4-20-11-19-10-18(17-6-7-17)12-22(19)28-27-20/h5,8,10-11,13,15,17H,2-4,6-7,9,12,14H2,1H3,(H,26,32). The minimum absolute atomic E-state index is 0.245. The van der Waals surface area contributed by atoms with E-state index in [-0.39, 0.29) is 5.91 Å². The van der Waals surface area contributed by atoms with E-state index in [4.69, 9.17) is 0 Å². The maximum absolute atomic E-state index is 12.3. The number of aryl methyl sites for hydroxylation is 3. The zero-order valence-corrected chi connectivity index (χ0v) is 18.3. The smallest absolute Gasteiger partial charge is 0.273 e.